The molecule has 7 rings (SSSR count). The maximum Gasteiger partial charge on any atom is 0.387 e. The summed E-state index contributed by atoms with van der Waals surface area (Å²) in [4.78, 5) is 53.4. The summed E-state index contributed by atoms with van der Waals surface area (Å²) in [5, 5.41) is 9.20. The topological polar surface area (TPSA) is 178 Å². The number of amides is 3. The SMILES string of the molecule is C=C[C@@H]1C[C@]1(NC(=O)[C@@H]1C[C@@H](Oc2ncc(OC)c3ccc(Cl)cc23)CN1C(=O)[C@@H](Nc1nc(-c2ccc(OC(F)F)cc2)cs1)C(C)(C)C)C(=O)NS(=O)(=O)C1CC1. The Morgan fingerprint density at radius 1 is 1.12 bits per heavy atom. The molecular weight excluding hydrogens is 830 g/mol. The number of nitrogens with one attached hydrogen (secondary N) is 3. The molecule has 3 heterocycles. The average Bonchev–Trinajstić information content (AvgIpc) is 4.07. The molecule has 5 atom stereocenters. The van der Waals surface area contributed by atoms with Gasteiger partial charge in [0.1, 0.15) is 35.2 Å². The van der Waals surface area contributed by atoms with Crippen LogP contribution in [0.25, 0.3) is 22.0 Å². The molecule has 3 fully saturated rings. The van der Waals surface area contributed by atoms with Gasteiger partial charge >= 0.3 is 6.61 Å². The van der Waals surface area contributed by atoms with Crippen LogP contribution in [-0.2, 0) is 24.4 Å². The van der Waals surface area contributed by atoms with Gasteiger partial charge in [-0.15, -0.1) is 17.9 Å². The van der Waals surface area contributed by atoms with E-state index in [1.54, 1.807) is 35.7 Å². The van der Waals surface area contributed by atoms with Crippen molar-refractivity contribution in [3.05, 3.63) is 71.7 Å². The fourth-order valence-electron chi connectivity index (χ4n) is 7.19. The van der Waals surface area contributed by atoms with Gasteiger partial charge in [0.05, 0.1) is 30.8 Å². The van der Waals surface area contributed by atoms with Crippen molar-refractivity contribution in [2.75, 3.05) is 19.0 Å². The van der Waals surface area contributed by atoms with Crippen LogP contribution in [0.15, 0.2) is 66.7 Å². The summed E-state index contributed by atoms with van der Waals surface area (Å²) >= 11 is 7.59. The Morgan fingerprint density at radius 3 is 2.47 bits per heavy atom. The molecule has 1 saturated heterocycles. The number of pyridine rings is 1. The number of anilines is 1. The Balaban J connectivity index is 1.17. The summed E-state index contributed by atoms with van der Waals surface area (Å²) in [5.41, 5.74) is -1.17. The molecule has 59 heavy (non-hydrogen) atoms. The molecule has 0 bridgehead atoms. The standard InChI is InChI=1S/C40H43ClF2N6O8S2/c1-6-22-17-40(22,36(52)48-59(53,54)26-12-13-26)47-33(50)30-16-25(56-34-28-15-23(41)9-14-27(28)31(55-5)18-44-34)19-49(30)35(51)32(39(2,3)4)46-38-45-29(20-58-38)21-7-10-24(11-8-21)57-37(42)43/h6-11,14-15,18,20,22,25-26,30,32,37H,1,12-13,16-17,19H2,2-5H3,(H,45,46)(H,47,50)(H,48,52)/t22-,25-,30+,32-,40-/m1/s1. The number of aromatic nitrogens is 2. The van der Waals surface area contributed by atoms with Gasteiger partial charge in [0, 0.05) is 39.1 Å². The van der Waals surface area contributed by atoms with Gasteiger partial charge in [0.2, 0.25) is 27.7 Å². The second-order valence-corrected chi connectivity index (χ2v) is 19.1. The molecule has 2 saturated carbocycles. The van der Waals surface area contributed by atoms with Crippen molar-refractivity contribution < 1.29 is 45.8 Å². The molecule has 2 aromatic heterocycles. The first kappa shape index (κ1) is 42.1. The number of nitrogens with zero attached hydrogens (tertiary/aromatic N) is 3. The summed E-state index contributed by atoms with van der Waals surface area (Å²) in [5.74, 6) is -1.86. The number of thiazole rings is 1. The summed E-state index contributed by atoms with van der Waals surface area (Å²) in [6, 6.07) is 9.04. The molecular formula is C40H43ClF2N6O8S2. The maximum absolute atomic E-state index is 14.9. The molecule has 19 heteroatoms. The fourth-order valence-corrected chi connectivity index (χ4v) is 9.48. The molecule has 4 aromatic rings. The van der Waals surface area contributed by atoms with Crippen LogP contribution in [0.5, 0.6) is 17.4 Å². The highest BCUT2D eigenvalue weighted by Crippen LogP contribution is 2.46. The molecule has 314 valence electrons. The largest absolute Gasteiger partial charge is 0.494 e. The number of methoxy groups -OCH3 is 1. The lowest BCUT2D eigenvalue weighted by Crippen LogP contribution is -2.58. The molecule has 0 radical (unpaired) electrons. The predicted octanol–water partition coefficient (Wildman–Crippen LogP) is 6.17. The highest BCUT2D eigenvalue weighted by atomic mass is 35.5. The second-order valence-electron chi connectivity index (χ2n) is 15.9. The number of alkyl halides is 2. The van der Waals surface area contributed by atoms with E-state index in [-0.39, 0.29) is 31.0 Å². The summed E-state index contributed by atoms with van der Waals surface area (Å²) < 4.78 is 69.5. The van der Waals surface area contributed by atoms with E-state index in [4.69, 9.17) is 21.1 Å². The highest BCUT2D eigenvalue weighted by Gasteiger charge is 2.62. The highest BCUT2D eigenvalue weighted by molar-refractivity contribution is 7.91. The number of rotatable bonds is 15. The van der Waals surface area contributed by atoms with Gasteiger partial charge in [0.15, 0.2) is 5.13 Å². The van der Waals surface area contributed by atoms with E-state index in [1.807, 2.05) is 20.8 Å². The monoisotopic (exact) mass is 872 g/mol. The normalized spacial score (nSPS) is 22.1. The number of hydrogen-bond acceptors (Lipinski definition) is 12. The molecule has 3 amide bonds. The molecule has 0 spiro atoms. The number of halogens is 3. The minimum absolute atomic E-state index is 0.00138. The van der Waals surface area contributed by atoms with Gasteiger partial charge in [-0.1, -0.05) is 38.4 Å². The number of likely N-dealkylation sites (tertiary alicyclic amines) is 1. The molecule has 14 nitrogen and oxygen atoms in total. The Hall–Kier alpha value is -5.07. The van der Waals surface area contributed by atoms with Crippen molar-refractivity contribution in [2.24, 2.45) is 11.3 Å². The second kappa shape index (κ2) is 16.2. The van der Waals surface area contributed by atoms with E-state index in [2.05, 4.69) is 36.6 Å². The van der Waals surface area contributed by atoms with Gasteiger partial charge in [0.25, 0.3) is 5.91 Å². The third kappa shape index (κ3) is 8.94. The van der Waals surface area contributed by atoms with Crippen molar-refractivity contribution >= 4 is 66.6 Å². The van der Waals surface area contributed by atoms with Crippen molar-refractivity contribution in [2.45, 2.75) is 82.0 Å². The van der Waals surface area contributed by atoms with Crippen LogP contribution in [0.1, 0.15) is 46.5 Å². The number of carbonyl (C=O) groups is 3. The van der Waals surface area contributed by atoms with Gasteiger partial charge in [-0.3, -0.25) is 19.1 Å². The minimum Gasteiger partial charge on any atom is -0.494 e. The van der Waals surface area contributed by atoms with Crippen LogP contribution in [0.4, 0.5) is 13.9 Å². The van der Waals surface area contributed by atoms with Crippen molar-refractivity contribution in [3.63, 3.8) is 0 Å². The Labute approximate surface area is 348 Å². The molecule has 3 N–H and O–H groups in total. The summed E-state index contributed by atoms with van der Waals surface area (Å²) in [6.07, 6.45) is 3.22. The number of sulfonamides is 1. The first-order valence-electron chi connectivity index (χ1n) is 18.8. The van der Waals surface area contributed by atoms with E-state index in [0.717, 1.165) is 0 Å². The lowest BCUT2D eigenvalue weighted by molar-refractivity contribution is -0.141. The lowest BCUT2D eigenvalue weighted by atomic mass is 9.85. The number of hydrogen-bond donors (Lipinski definition) is 3. The van der Waals surface area contributed by atoms with Gasteiger partial charge in [-0.05, 0) is 67.1 Å². The van der Waals surface area contributed by atoms with Crippen LogP contribution in [-0.4, -0.2) is 90.2 Å². The predicted molar refractivity (Wildman–Crippen MR) is 218 cm³/mol. The minimum atomic E-state index is -3.93. The van der Waals surface area contributed by atoms with Crippen LogP contribution in [0, 0.1) is 11.3 Å². The van der Waals surface area contributed by atoms with E-state index in [9.17, 15) is 31.6 Å². The van der Waals surface area contributed by atoms with Gasteiger partial charge < -0.3 is 29.7 Å². The number of fused-ring (bicyclic) bond motifs is 1. The van der Waals surface area contributed by atoms with Crippen molar-refractivity contribution in [1.82, 2.24) is 24.9 Å². The van der Waals surface area contributed by atoms with Crippen LogP contribution in [0.3, 0.4) is 0 Å². The maximum atomic E-state index is 14.9. The molecule has 3 aliphatic rings. The Morgan fingerprint density at radius 2 is 1.85 bits per heavy atom. The first-order chi connectivity index (χ1) is 27.9. The molecule has 1 aliphatic heterocycles. The summed E-state index contributed by atoms with van der Waals surface area (Å²) in [7, 11) is -2.42. The van der Waals surface area contributed by atoms with E-state index >= 15 is 0 Å². The molecule has 2 aromatic carbocycles. The van der Waals surface area contributed by atoms with E-state index < -0.39 is 74.7 Å². The van der Waals surface area contributed by atoms with Crippen LogP contribution >= 0.6 is 22.9 Å². The lowest BCUT2D eigenvalue weighted by Gasteiger charge is -2.35. The number of benzene rings is 2. The smallest absolute Gasteiger partial charge is 0.387 e. The third-order valence-corrected chi connectivity index (χ3v) is 13.5. The van der Waals surface area contributed by atoms with Crippen molar-refractivity contribution in [3.8, 4) is 28.6 Å². The quantitative estimate of drug-likeness (QED) is 0.117. The van der Waals surface area contributed by atoms with Gasteiger partial charge in [-0.25, -0.2) is 18.4 Å². The van der Waals surface area contributed by atoms with Gasteiger partial charge in [-0.2, -0.15) is 8.78 Å². The first-order valence-corrected chi connectivity index (χ1v) is 21.6. The molecule has 2 aliphatic carbocycles. The number of ether oxygens (including phenoxy) is 3. The summed E-state index contributed by atoms with van der Waals surface area (Å²) in [6.45, 7) is 6.33. The third-order valence-electron chi connectivity index (χ3n) is 10.6. The van der Waals surface area contributed by atoms with E-state index in [0.29, 0.717) is 50.8 Å². The Bertz CT molecular complexity index is 2390. The number of carbonyl (C=O) groups excluding carboxylic acids is 3. The zero-order valence-electron chi connectivity index (χ0n) is 32.5. The van der Waals surface area contributed by atoms with Crippen molar-refractivity contribution in [1.29, 1.82) is 0 Å². The van der Waals surface area contributed by atoms with E-state index in [1.165, 1.54) is 47.8 Å². The fraction of sp³-hybridized carbons (Fsp3) is 0.425. The zero-order chi connectivity index (χ0) is 42.4. The average molecular weight is 873 g/mol. The van der Waals surface area contributed by atoms with Crippen LogP contribution in [0.2, 0.25) is 5.02 Å². The Kier molecular flexibility index (Phi) is 11.5. The molecule has 0 unspecified atom stereocenters. The van der Waals surface area contributed by atoms with Crippen LogP contribution < -0.4 is 29.6 Å². The zero-order valence-corrected chi connectivity index (χ0v) is 34.9.